The quantitative estimate of drug-likeness (QED) is 0.739. The summed E-state index contributed by atoms with van der Waals surface area (Å²) in [5.74, 6) is -0.333. The van der Waals surface area contributed by atoms with Crippen molar-refractivity contribution >= 4 is 17.3 Å². The highest BCUT2D eigenvalue weighted by molar-refractivity contribution is 6.30. The van der Waals surface area contributed by atoms with Crippen LogP contribution in [0, 0.1) is 5.82 Å². The van der Waals surface area contributed by atoms with E-state index in [0.29, 0.717) is 10.7 Å². The molecule has 0 heterocycles. The second-order valence-electron chi connectivity index (χ2n) is 6.36. The normalized spacial score (nSPS) is 13.0. The SMILES string of the molecule is CC(Nc1ccc(Cl)cc1F)c1ccc(C(C)(C)C)cc1. The summed E-state index contributed by atoms with van der Waals surface area (Å²) in [5.41, 5.74) is 3.01. The van der Waals surface area contributed by atoms with Gasteiger partial charge >= 0.3 is 0 Å². The van der Waals surface area contributed by atoms with Crippen LogP contribution < -0.4 is 5.32 Å². The molecule has 21 heavy (non-hydrogen) atoms. The molecule has 2 aromatic carbocycles. The zero-order chi connectivity index (χ0) is 15.6. The maximum absolute atomic E-state index is 13.8. The van der Waals surface area contributed by atoms with E-state index in [-0.39, 0.29) is 17.3 Å². The highest BCUT2D eigenvalue weighted by atomic mass is 35.5. The molecule has 2 rings (SSSR count). The molecule has 0 bridgehead atoms. The molecule has 1 atom stereocenters. The number of anilines is 1. The van der Waals surface area contributed by atoms with Crippen molar-refractivity contribution in [3.63, 3.8) is 0 Å². The third-order valence-electron chi connectivity index (χ3n) is 3.58. The van der Waals surface area contributed by atoms with Crippen molar-refractivity contribution in [2.75, 3.05) is 5.32 Å². The molecule has 0 aliphatic carbocycles. The minimum atomic E-state index is -0.333. The minimum Gasteiger partial charge on any atom is -0.376 e. The monoisotopic (exact) mass is 305 g/mol. The fraction of sp³-hybridized carbons (Fsp3) is 0.333. The highest BCUT2D eigenvalue weighted by Gasteiger charge is 2.14. The number of benzene rings is 2. The summed E-state index contributed by atoms with van der Waals surface area (Å²) < 4.78 is 13.8. The third-order valence-corrected chi connectivity index (χ3v) is 3.81. The van der Waals surface area contributed by atoms with Crippen molar-refractivity contribution in [1.29, 1.82) is 0 Å². The zero-order valence-corrected chi connectivity index (χ0v) is 13.6. The van der Waals surface area contributed by atoms with Crippen LogP contribution in [0.25, 0.3) is 0 Å². The van der Waals surface area contributed by atoms with Gasteiger partial charge in [-0.2, -0.15) is 0 Å². The number of rotatable bonds is 3. The Morgan fingerprint density at radius 3 is 2.19 bits per heavy atom. The van der Waals surface area contributed by atoms with Gasteiger partial charge in [0.15, 0.2) is 0 Å². The molecule has 1 N–H and O–H groups in total. The van der Waals surface area contributed by atoms with Crippen LogP contribution in [0.4, 0.5) is 10.1 Å². The van der Waals surface area contributed by atoms with Gasteiger partial charge in [0.1, 0.15) is 5.82 Å². The summed E-state index contributed by atoms with van der Waals surface area (Å²) in [6, 6.07) is 13.1. The van der Waals surface area contributed by atoms with Crippen LogP contribution >= 0.6 is 11.6 Å². The van der Waals surface area contributed by atoms with Crippen LogP contribution in [-0.2, 0) is 5.41 Å². The van der Waals surface area contributed by atoms with E-state index in [9.17, 15) is 4.39 Å². The number of nitrogens with one attached hydrogen (secondary N) is 1. The van der Waals surface area contributed by atoms with Crippen molar-refractivity contribution in [2.45, 2.75) is 39.2 Å². The molecule has 0 aliphatic rings. The Morgan fingerprint density at radius 2 is 1.67 bits per heavy atom. The van der Waals surface area contributed by atoms with E-state index in [1.807, 2.05) is 6.92 Å². The first-order valence-corrected chi connectivity index (χ1v) is 7.47. The van der Waals surface area contributed by atoms with Crippen molar-refractivity contribution in [1.82, 2.24) is 0 Å². The number of hydrogen-bond acceptors (Lipinski definition) is 1. The standard InChI is InChI=1S/C18H21ClFN/c1-12(21-17-10-9-15(19)11-16(17)20)13-5-7-14(8-6-13)18(2,3)4/h5-12,21H,1-4H3. The second kappa shape index (κ2) is 6.07. The van der Waals surface area contributed by atoms with Gasteiger partial charge < -0.3 is 5.32 Å². The van der Waals surface area contributed by atoms with Crippen LogP contribution in [-0.4, -0.2) is 0 Å². The maximum Gasteiger partial charge on any atom is 0.147 e. The summed E-state index contributed by atoms with van der Waals surface area (Å²) in [7, 11) is 0. The van der Waals surface area contributed by atoms with Gasteiger partial charge in [0.05, 0.1) is 5.69 Å². The molecule has 0 radical (unpaired) electrons. The molecule has 0 aliphatic heterocycles. The molecule has 0 fully saturated rings. The van der Waals surface area contributed by atoms with E-state index in [2.05, 4.69) is 50.4 Å². The van der Waals surface area contributed by atoms with Crippen LogP contribution in [0.15, 0.2) is 42.5 Å². The molecule has 0 amide bonds. The molecule has 0 saturated carbocycles. The van der Waals surface area contributed by atoms with Crippen molar-refractivity contribution in [2.24, 2.45) is 0 Å². The smallest absolute Gasteiger partial charge is 0.147 e. The van der Waals surface area contributed by atoms with E-state index in [1.54, 1.807) is 12.1 Å². The van der Waals surface area contributed by atoms with Crippen molar-refractivity contribution < 1.29 is 4.39 Å². The van der Waals surface area contributed by atoms with Crippen LogP contribution in [0.3, 0.4) is 0 Å². The van der Waals surface area contributed by atoms with E-state index in [0.717, 1.165) is 5.56 Å². The summed E-state index contributed by atoms with van der Waals surface area (Å²) in [5, 5.41) is 3.58. The van der Waals surface area contributed by atoms with E-state index in [4.69, 9.17) is 11.6 Å². The summed E-state index contributed by atoms with van der Waals surface area (Å²) in [6.45, 7) is 8.58. The van der Waals surface area contributed by atoms with Gasteiger partial charge in [-0.25, -0.2) is 4.39 Å². The third kappa shape index (κ3) is 3.98. The second-order valence-corrected chi connectivity index (χ2v) is 6.80. The lowest BCUT2D eigenvalue weighted by atomic mass is 9.86. The highest BCUT2D eigenvalue weighted by Crippen LogP contribution is 2.27. The fourth-order valence-electron chi connectivity index (χ4n) is 2.19. The Morgan fingerprint density at radius 1 is 1.05 bits per heavy atom. The molecule has 0 saturated heterocycles. The number of hydrogen-bond donors (Lipinski definition) is 1. The first kappa shape index (κ1) is 15.8. The zero-order valence-electron chi connectivity index (χ0n) is 12.9. The number of halogens is 2. The molecule has 2 aromatic rings. The summed E-state index contributed by atoms with van der Waals surface area (Å²) >= 11 is 5.76. The van der Waals surface area contributed by atoms with E-state index >= 15 is 0 Å². The van der Waals surface area contributed by atoms with Crippen molar-refractivity contribution in [3.8, 4) is 0 Å². The van der Waals surface area contributed by atoms with Gasteiger partial charge in [-0.3, -0.25) is 0 Å². The summed E-state index contributed by atoms with van der Waals surface area (Å²) in [6.07, 6.45) is 0. The fourth-order valence-corrected chi connectivity index (χ4v) is 2.35. The summed E-state index contributed by atoms with van der Waals surface area (Å²) in [4.78, 5) is 0. The lowest BCUT2D eigenvalue weighted by Crippen LogP contribution is -2.12. The Hall–Kier alpha value is -1.54. The Labute approximate surface area is 131 Å². The van der Waals surface area contributed by atoms with Crippen LogP contribution in [0.5, 0.6) is 0 Å². The van der Waals surface area contributed by atoms with Crippen LogP contribution in [0.2, 0.25) is 5.02 Å². The van der Waals surface area contributed by atoms with Gasteiger partial charge in [0.25, 0.3) is 0 Å². The van der Waals surface area contributed by atoms with Gasteiger partial charge in [-0.15, -0.1) is 0 Å². The molecule has 1 unspecified atom stereocenters. The Balaban J connectivity index is 2.15. The molecular weight excluding hydrogens is 285 g/mol. The molecular formula is C18H21ClFN. The first-order chi connectivity index (χ1) is 9.77. The average molecular weight is 306 g/mol. The Kier molecular flexibility index (Phi) is 4.58. The van der Waals surface area contributed by atoms with Crippen molar-refractivity contribution in [3.05, 3.63) is 64.4 Å². The molecule has 0 spiro atoms. The maximum atomic E-state index is 13.8. The molecule has 112 valence electrons. The lowest BCUT2D eigenvalue weighted by Gasteiger charge is -2.21. The van der Waals surface area contributed by atoms with Gasteiger partial charge in [0, 0.05) is 11.1 Å². The predicted molar refractivity (Wildman–Crippen MR) is 88.6 cm³/mol. The molecule has 3 heteroatoms. The van der Waals surface area contributed by atoms with Crippen LogP contribution in [0.1, 0.15) is 44.9 Å². The Bertz CT molecular complexity index is 614. The van der Waals surface area contributed by atoms with E-state index < -0.39 is 0 Å². The topological polar surface area (TPSA) is 12.0 Å². The molecule has 1 nitrogen and oxygen atoms in total. The average Bonchev–Trinajstić information content (AvgIpc) is 2.41. The minimum absolute atomic E-state index is 0.0229. The lowest BCUT2D eigenvalue weighted by molar-refractivity contribution is 0.589. The first-order valence-electron chi connectivity index (χ1n) is 7.09. The predicted octanol–water partition coefficient (Wildman–Crippen LogP) is 5.95. The molecule has 0 aromatic heterocycles. The van der Waals surface area contributed by atoms with E-state index in [1.165, 1.54) is 11.6 Å². The largest absolute Gasteiger partial charge is 0.376 e. The van der Waals surface area contributed by atoms with Gasteiger partial charge in [-0.1, -0.05) is 56.6 Å². The van der Waals surface area contributed by atoms with Gasteiger partial charge in [-0.05, 0) is 41.7 Å². The van der Waals surface area contributed by atoms with Gasteiger partial charge in [0.2, 0.25) is 0 Å².